The minimum absolute atomic E-state index is 0. The Morgan fingerprint density at radius 1 is 1.21 bits per heavy atom. The largest absolute Gasteiger partial charge is 0.484 e. The molecule has 1 aliphatic rings. The van der Waals surface area contributed by atoms with Crippen LogP contribution in [-0.4, -0.2) is 55.9 Å². The van der Waals surface area contributed by atoms with Gasteiger partial charge in [-0.25, -0.2) is 0 Å². The first-order chi connectivity index (χ1) is 12.8. The Bertz CT molecular complexity index is 600. The van der Waals surface area contributed by atoms with Crippen molar-refractivity contribution in [2.75, 3.05) is 26.7 Å². The highest BCUT2D eigenvalue weighted by atomic mass is 127. The summed E-state index contributed by atoms with van der Waals surface area (Å²) in [5.41, 5.74) is 0.937. The van der Waals surface area contributed by atoms with Crippen molar-refractivity contribution in [2.24, 2.45) is 4.99 Å². The summed E-state index contributed by atoms with van der Waals surface area (Å²) in [6.45, 7) is 5.83. The zero-order chi connectivity index (χ0) is 19.9. The summed E-state index contributed by atoms with van der Waals surface area (Å²) < 4.78 is 41.2. The number of guanidine groups is 1. The molecule has 0 amide bonds. The van der Waals surface area contributed by atoms with E-state index in [1.807, 2.05) is 0 Å². The molecule has 1 aromatic rings. The third-order valence-corrected chi connectivity index (χ3v) is 4.61. The minimum atomic E-state index is -4.33. The van der Waals surface area contributed by atoms with E-state index in [1.165, 1.54) is 0 Å². The molecule has 0 spiro atoms. The Hall–Kier alpha value is -1.23. The van der Waals surface area contributed by atoms with Crippen LogP contribution in [0, 0.1) is 0 Å². The molecule has 0 aliphatic carbocycles. The third-order valence-electron chi connectivity index (χ3n) is 4.61. The van der Waals surface area contributed by atoms with Crippen molar-refractivity contribution in [2.45, 2.75) is 51.5 Å². The minimum Gasteiger partial charge on any atom is -0.484 e. The Morgan fingerprint density at radius 2 is 1.82 bits per heavy atom. The molecule has 0 bridgehead atoms. The lowest BCUT2D eigenvalue weighted by molar-refractivity contribution is -0.153. The molecule has 0 saturated carbocycles. The molecule has 9 heteroatoms. The molecule has 1 aromatic carbocycles. The number of benzene rings is 1. The number of rotatable bonds is 6. The van der Waals surface area contributed by atoms with Gasteiger partial charge in [0.05, 0.1) is 0 Å². The maximum Gasteiger partial charge on any atom is 0.422 e. The highest BCUT2D eigenvalue weighted by molar-refractivity contribution is 14.0. The quantitative estimate of drug-likeness (QED) is 0.345. The number of piperidine rings is 1. The number of nitrogens with zero attached hydrogens (tertiary/aromatic N) is 2. The normalized spacial score (nSPS) is 16.6. The zero-order valence-corrected chi connectivity index (χ0v) is 18.9. The van der Waals surface area contributed by atoms with Gasteiger partial charge in [0, 0.05) is 38.8 Å². The highest BCUT2D eigenvalue weighted by Crippen LogP contribution is 2.19. The molecule has 0 aromatic heterocycles. The van der Waals surface area contributed by atoms with E-state index >= 15 is 0 Å². The summed E-state index contributed by atoms with van der Waals surface area (Å²) in [4.78, 5) is 6.73. The predicted molar refractivity (Wildman–Crippen MR) is 116 cm³/mol. The summed E-state index contributed by atoms with van der Waals surface area (Å²) in [6.07, 6.45) is -2.18. The average molecular weight is 514 g/mol. The van der Waals surface area contributed by atoms with Crippen LogP contribution in [0.2, 0.25) is 0 Å². The number of halogens is 4. The molecule has 0 unspecified atom stereocenters. The molecule has 1 fully saturated rings. The van der Waals surface area contributed by atoms with Gasteiger partial charge in [0.25, 0.3) is 0 Å². The molecule has 1 heterocycles. The molecule has 160 valence electrons. The molecule has 1 saturated heterocycles. The van der Waals surface area contributed by atoms with Gasteiger partial charge < -0.3 is 20.3 Å². The summed E-state index contributed by atoms with van der Waals surface area (Å²) >= 11 is 0. The van der Waals surface area contributed by atoms with Crippen LogP contribution in [0.25, 0.3) is 0 Å². The molecular formula is C19H30F3IN4O. The van der Waals surface area contributed by atoms with Crippen LogP contribution in [0.1, 0.15) is 32.3 Å². The topological polar surface area (TPSA) is 48.9 Å². The van der Waals surface area contributed by atoms with E-state index in [1.54, 1.807) is 31.3 Å². The van der Waals surface area contributed by atoms with Crippen molar-refractivity contribution >= 4 is 29.9 Å². The van der Waals surface area contributed by atoms with Gasteiger partial charge in [-0.3, -0.25) is 4.99 Å². The lowest BCUT2D eigenvalue weighted by Gasteiger charge is -2.35. The molecule has 0 atom stereocenters. The van der Waals surface area contributed by atoms with Crippen LogP contribution in [0.4, 0.5) is 13.2 Å². The van der Waals surface area contributed by atoms with Crippen molar-refractivity contribution in [1.29, 1.82) is 0 Å². The van der Waals surface area contributed by atoms with E-state index in [-0.39, 0.29) is 29.7 Å². The first-order valence-electron chi connectivity index (χ1n) is 9.26. The van der Waals surface area contributed by atoms with Gasteiger partial charge in [-0.05, 0) is 44.4 Å². The van der Waals surface area contributed by atoms with Crippen molar-refractivity contribution in [3.05, 3.63) is 29.8 Å². The first kappa shape index (κ1) is 24.8. The molecule has 5 nitrogen and oxygen atoms in total. The number of nitrogens with one attached hydrogen (secondary N) is 2. The fourth-order valence-electron chi connectivity index (χ4n) is 3.00. The smallest absolute Gasteiger partial charge is 0.422 e. The van der Waals surface area contributed by atoms with Crippen LogP contribution in [0.3, 0.4) is 0 Å². The number of likely N-dealkylation sites (tertiary alicyclic amines) is 1. The molecule has 1 aliphatic heterocycles. The van der Waals surface area contributed by atoms with Crippen molar-refractivity contribution < 1.29 is 17.9 Å². The second-order valence-electron chi connectivity index (χ2n) is 7.02. The van der Waals surface area contributed by atoms with E-state index in [9.17, 15) is 13.2 Å². The number of hydrogen-bond donors (Lipinski definition) is 2. The van der Waals surface area contributed by atoms with Gasteiger partial charge in [-0.1, -0.05) is 12.1 Å². The number of ether oxygens (including phenoxy) is 1. The predicted octanol–water partition coefficient (Wildman–Crippen LogP) is 3.78. The van der Waals surface area contributed by atoms with Gasteiger partial charge in [-0.15, -0.1) is 24.0 Å². The van der Waals surface area contributed by atoms with Crippen LogP contribution in [0.5, 0.6) is 5.75 Å². The van der Waals surface area contributed by atoms with E-state index in [4.69, 9.17) is 4.74 Å². The number of hydrogen-bond acceptors (Lipinski definition) is 3. The van der Waals surface area contributed by atoms with Crippen LogP contribution < -0.4 is 15.4 Å². The first-order valence-corrected chi connectivity index (χ1v) is 9.26. The summed E-state index contributed by atoms with van der Waals surface area (Å²) in [5.74, 6) is 0.936. The van der Waals surface area contributed by atoms with Crippen molar-refractivity contribution in [1.82, 2.24) is 15.5 Å². The van der Waals surface area contributed by atoms with E-state index in [0.29, 0.717) is 18.6 Å². The SMILES string of the molecule is CN=C(NCc1ccc(OCC(F)(F)F)cc1)NC1CCN(C(C)C)CC1.I. The van der Waals surface area contributed by atoms with E-state index in [0.717, 1.165) is 37.5 Å². The van der Waals surface area contributed by atoms with Crippen LogP contribution in [-0.2, 0) is 6.54 Å². The molecule has 2 N–H and O–H groups in total. The standard InChI is InChI=1S/C19H29F3N4O.HI/c1-14(2)26-10-8-16(9-11-26)25-18(23-3)24-12-15-4-6-17(7-5-15)27-13-19(20,21)22;/h4-7,14,16H,8-13H2,1-3H3,(H2,23,24,25);1H. The Balaban J connectivity index is 0.00000392. The zero-order valence-electron chi connectivity index (χ0n) is 16.6. The average Bonchev–Trinajstić information content (AvgIpc) is 2.64. The lowest BCUT2D eigenvalue weighted by Crippen LogP contribution is -2.49. The fourth-order valence-corrected chi connectivity index (χ4v) is 3.00. The third kappa shape index (κ3) is 8.85. The van der Waals surface area contributed by atoms with Gasteiger partial charge in [-0.2, -0.15) is 13.2 Å². The second-order valence-corrected chi connectivity index (χ2v) is 7.02. The van der Waals surface area contributed by atoms with E-state index < -0.39 is 12.8 Å². The molecule has 2 rings (SSSR count). The van der Waals surface area contributed by atoms with Gasteiger partial charge in [0.2, 0.25) is 0 Å². The summed E-state index contributed by atoms with van der Waals surface area (Å²) in [5, 5.41) is 6.69. The van der Waals surface area contributed by atoms with Crippen LogP contribution in [0.15, 0.2) is 29.3 Å². The van der Waals surface area contributed by atoms with Gasteiger partial charge in [0.1, 0.15) is 5.75 Å². The Morgan fingerprint density at radius 3 is 2.32 bits per heavy atom. The number of aliphatic imine (C=N–C) groups is 1. The van der Waals surface area contributed by atoms with Crippen molar-refractivity contribution in [3.63, 3.8) is 0 Å². The Labute approximate surface area is 182 Å². The van der Waals surface area contributed by atoms with Gasteiger partial charge in [0.15, 0.2) is 12.6 Å². The molecule has 28 heavy (non-hydrogen) atoms. The maximum atomic E-state index is 12.2. The molecular weight excluding hydrogens is 484 g/mol. The second kappa shape index (κ2) is 11.7. The summed E-state index contributed by atoms with van der Waals surface area (Å²) in [7, 11) is 1.73. The van der Waals surface area contributed by atoms with Crippen LogP contribution >= 0.6 is 24.0 Å². The fraction of sp³-hybridized carbons (Fsp3) is 0.632. The van der Waals surface area contributed by atoms with Crippen molar-refractivity contribution in [3.8, 4) is 5.75 Å². The monoisotopic (exact) mass is 514 g/mol. The number of alkyl halides is 3. The lowest BCUT2D eigenvalue weighted by atomic mass is 10.0. The van der Waals surface area contributed by atoms with Gasteiger partial charge >= 0.3 is 6.18 Å². The highest BCUT2D eigenvalue weighted by Gasteiger charge is 2.28. The Kier molecular flexibility index (Phi) is 10.4. The summed E-state index contributed by atoms with van der Waals surface area (Å²) in [6, 6.07) is 7.54. The molecule has 0 radical (unpaired) electrons. The maximum absolute atomic E-state index is 12.2. The van der Waals surface area contributed by atoms with E-state index in [2.05, 4.69) is 34.4 Å².